The van der Waals surface area contributed by atoms with E-state index >= 15 is 0 Å². The van der Waals surface area contributed by atoms with Gasteiger partial charge in [0.05, 0.1) is 5.69 Å². The fourth-order valence-electron chi connectivity index (χ4n) is 2.16. The third-order valence-electron chi connectivity index (χ3n) is 3.36. The number of anilines is 1. The van der Waals surface area contributed by atoms with Crippen LogP contribution in [-0.4, -0.2) is 29.3 Å². The summed E-state index contributed by atoms with van der Waals surface area (Å²) < 4.78 is 0. The van der Waals surface area contributed by atoms with Crippen LogP contribution in [0.1, 0.15) is 59.1 Å². The predicted octanol–water partition coefficient (Wildman–Crippen LogP) is 3.38. The van der Waals surface area contributed by atoms with Crippen molar-refractivity contribution < 1.29 is 0 Å². The first kappa shape index (κ1) is 16.9. The molecular formula is C16H30N4. The van der Waals surface area contributed by atoms with Gasteiger partial charge in [0.2, 0.25) is 0 Å². The van der Waals surface area contributed by atoms with E-state index in [2.05, 4.69) is 60.2 Å². The molecule has 0 atom stereocenters. The van der Waals surface area contributed by atoms with Crippen LogP contribution in [0.2, 0.25) is 0 Å². The maximum Gasteiger partial charge on any atom is 0.151 e. The Bertz CT molecular complexity index is 348. The summed E-state index contributed by atoms with van der Waals surface area (Å²) in [6, 6.07) is 4.65. The van der Waals surface area contributed by atoms with Crippen LogP contribution in [0, 0.1) is 0 Å². The van der Waals surface area contributed by atoms with Gasteiger partial charge in [0.15, 0.2) is 5.82 Å². The predicted molar refractivity (Wildman–Crippen MR) is 86.0 cm³/mol. The molecule has 0 radical (unpaired) electrons. The topological polar surface area (TPSA) is 41.0 Å². The summed E-state index contributed by atoms with van der Waals surface area (Å²) in [5.41, 5.74) is 1.01. The number of nitrogens with zero attached hydrogens (tertiary/aromatic N) is 3. The van der Waals surface area contributed by atoms with Crippen molar-refractivity contribution in [3.63, 3.8) is 0 Å². The first-order chi connectivity index (χ1) is 9.69. The third kappa shape index (κ3) is 5.87. The molecular weight excluding hydrogens is 248 g/mol. The Kier molecular flexibility index (Phi) is 8.19. The zero-order valence-electron chi connectivity index (χ0n) is 13.5. The van der Waals surface area contributed by atoms with Crippen molar-refractivity contribution in [1.82, 2.24) is 15.5 Å². The van der Waals surface area contributed by atoms with Crippen molar-refractivity contribution in [3.05, 3.63) is 17.8 Å². The minimum atomic E-state index is 0.463. The Morgan fingerprint density at radius 1 is 1.10 bits per heavy atom. The van der Waals surface area contributed by atoms with E-state index in [0.717, 1.165) is 37.6 Å². The molecule has 0 aliphatic carbocycles. The quantitative estimate of drug-likeness (QED) is 0.666. The Morgan fingerprint density at radius 2 is 1.90 bits per heavy atom. The molecule has 1 aromatic rings. The number of unbranched alkanes of at least 4 members (excludes halogenated alkanes) is 2. The van der Waals surface area contributed by atoms with Crippen LogP contribution in [0.5, 0.6) is 0 Å². The number of hydrogen-bond acceptors (Lipinski definition) is 4. The summed E-state index contributed by atoms with van der Waals surface area (Å²) in [7, 11) is 0. The van der Waals surface area contributed by atoms with Crippen LogP contribution in [0.3, 0.4) is 0 Å². The van der Waals surface area contributed by atoms with Gasteiger partial charge < -0.3 is 10.2 Å². The first-order valence-electron chi connectivity index (χ1n) is 7.99. The van der Waals surface area contributed by atoms with Crippen LogP contribution in [0.25, 0.3) is 0 Å². The van der Waals surface area contributed by atoms with E-state index < -0.39 is 0 Å². The van der Waals surface area contributed by atoms with Crippen LogP contribution in [0.15, 0.2) is 12.1 Å². The van der Waals surface area contributed by atoms with Crippen LogP contribution in [-0.2, 0) is 6.54 Å². The second kappa shape index (κ2) is 9.70. The van der Waals surface area contributed by atoms with E-state index in [1.54, 1.807) is 0 Å². The van der Waals surface area contributed by atoms with Gasteiger partial charge >= 0.3 is 0 Å². The number of rotatable bonds is 10. The van der Waals surface area contributed by atoms with Crippen molar-refractivity contribution >= 4 is 5.82 Å². The maximum atomic E-state index is 4.39. The lowest BCUT2D eigenvalue weighted by Crippen LogP contribution is -2.32. The second-order valence-electron chi connectivity index (χ2n) is 5.55. The van der Waals surface area contributed by atoms with E-state index in [0.29, 0.717) is 6.04 Å². The van der Waals surface area contributed by atoms with E-state index in [1.807, 2.05) is 0 Å². The van der Waals surface area contributed by atoms with E-state index in [-0.39, 0.29) is 0 Å². The molecule has 0 spiro atoms. The second-order valence-corrected chi connectivity index (χ2v) is 5.55. The Hall–Kier alpha value is -1.16. The highest BCUT2D eigenvalue weighted by Gasteiger charge is 2.11. The number of hydrogen-bond donors (Lipinski definition) is 1. The molecule has 0 amide bonds. The van der Waals surface area contributed by atoms with Gasteiger partial charge in [0, 0.05) is 19.1 Å². The first-order valence-corrected chi connectivity index (χ1v) is 7.99. The molecule has 0 bridgehead atoms. The number of aromatic nitrogens is 2. The highest BCUT2D eigenvalue weighted by Crippen LogP contribution is 2.14. The zero-order valence-corrected chi connectivity index (χ0v) is 13.5. The van der Waals surface area contributed by atoms with Crippen LogP contribution >= 0.6 is 0 Å². The summed E-state index contributed by atoms with van der Waals surface area (Å²) in [5.74, 6) is 0.996. The summed E-state index contributed by atoms with van der Waals surface area (Å²) in [4.78, 5) is 2.34. The summed E-state index contributed by atoms with van der Waals surface area (Å²) in [5, 5.41) is 12.1. The smallest absolute Gasteiger partial charge is 0.151 e. The highest BCUT2D eigenvalue weighted by molar-refractivity contribution is 5.38. The number of nitrogens with one attached hydrogen (secondary N) is 1. The van der Waals surface area contributed by atoms with Gasteiger partial charge in [-0.05, 0) is 45.4 Å². The summed E-state index contributed by atoms with van der Waals surface area (Å²) in [6.45, 7) is 11.7. The largest absolute Gasteiger partial charge is 0.353 e. The van der Waals surface area contributed by atoms with Crippen LogP contribution < -0.4 is 10.2 Å². The highest BCUT2D eigenvalue weighted by atomic mass is 15.3. The summed E-state index contributed by atoms with van der Waals surface area (Å²) >= 11 is 0. The molecule has 0 fully saturated rings. The fourth-order valence-corrected chi connectivity index (χ4v) is 2.16. The van der Waals surface area contributed by atoms with Gasteiger partial charge in [0.25, 0.3) is 0 Å². The van der Waals surface area contributed by atoms with Crippen molar-refractivity contribution in [2.45, 2.75) is 66.0 Å². The standard InChI is InChI=1S/C16H30N4/c1-5-7-8-12-20(14(3)4)16-10-9-15(18-19-16)13-17-11-6-2/h9-10,14,17H,5-8,11-13H2,1-4H3. The molecule has 114 valence electrons. The van der Waals surface area contributed by atoms with E-state index in [4.69, 9.17) is 0 Å². The molecule has 1 rings (SSSR count). The Morgan fingerprint density at radius 3 is 2.45 bits per heavy atom. The molecule has 4 nitrogen and oxygen atoms in total. The molecule has 1 aromatic heterocycles. The van der Waals surface area contributed by atoms with Gasteiger partial charge in [-0.2, -0.15) is 5.10 Å². The molecule has 0 aliphatic rings. The summed E-state index contributed by atoms with van der Waals surface area (Å²) in [6.07, 6.45) is 4.88. The lowest BCUT2D eigenvalue weighted by molar-refractivity contribution is 0.612. The van der Waals surface area contributed by atoms with Crippen LogP contribution in [0.4, 0.5) is 5.82 Å². The molecule has 0 unspecified atom stereocenters. The van der Waals surface area contributed by atoms with Gasteiger partial charge in [-0.25, -0.2) is 0 Å². The Labute approximate surface area is 124 Å². The minimum absolute atomic E-state index is 0.463. The van der Waals surface area contributed by atoms with Gasteiger partial charge in [-0.1, -0.05) is 26.7 Å². The van der Waals surface area contributed by atoms with Crippen molar-refractivity contribution in [2.75, 3.05) is 18.0 Å². The van der Waals surface area contributed by atoms with E-state index in [1.165, 1.54) is 19.3 Å². The molecule has 0 saturated heterocycles. The molecule has 0 aliphatic heterocycles. The third-order valence-corrected chi connectivity index (χ3v) is 3.36. The molecule has 0 saturated carbocycles. The fraction of sp³-hybridized carbons (Fsp3) is 0.750. The lowest BCUT2D eigenvalue weighted by Gasteiger charge is -2.27. The monoisotopic (exact) mass is 278 g/mol. The van der Waals surface area contributed by atoms with Crippen molar-refractivity contribution in [2.24, 2.45) is 0 Å². The average molecular weight is 278 g/mol. The minimum Gasteiger partial charge on any atom is -0.353 e. The molecule has 4 heteroatoms. The lowest BCUT2D eigenvalue weighted by atomic mass is 10.2. The van der Waals surface area contributed by atoms with Gasteiger partial charge in [-0.3, -0.25) is 0 Å². The maximum absolute atomic E-state index is 4.39. The van der Waals surface area contributed by atoms with Crippen molar-refractivity contribution in [1.29, 1.82) is 0 Å². The zero-order chi connectivity index (χ0) is 14.8. The average Bonchev–Trinajstić information content (AvgIpc) is 2.45. The SMILES string of the molecule is CCCCCN(c1ccc(CNCCC)nn1)C(C)C. The van der Waals surface area contributed by atoms with Gasteiger partial charge in [0.1, 0.15) is 0 Å². The normalized spacial score (nSPS) is 11.1. The van der Waals surface area contributed by atoms with Crippen molar-refractivity contribution in [3.8, 4) is 0 Å². The molecule has 1 N–H and O–H groups in total. The molecule has 20 heavy (non-hydrogen) atoms. The van der Waals surface area contributed by atoms with Gasteiger partial charge in [-0.15, -0.1) is 5.10 Å². The molecule has 1 heterocycles. The Balaban J connectivity index is 2.58. The van der Waals surface area contributed by atoms with E-state index in [9.17, 15) is 0 Å². The molecule has 0 aromatic carbocycles.